The van der Waals surface area contributed by atoms with Crippen LogP contribution in [0, 0.1) is 0 Å². The highest BCUT2D eigenvalue weighted by Gasteiger charge is 2.40. The molecule has 31 heavy (non-hydrogen) atoms. The van der Waals surface area contributed by atoms with Crippen molar-refractivity contribution in [3.05, 3.63) is 64.4 Å². The van der Waals surface area contributed by atoms with Crippen LogP contribution in [0.15, 0.2) is 53.3 Å². The van der Waals surface area contributed by atoms with Crippen molar-refractivity contribution in [3.63, 3.8) is 0 Å². The van der Waals surface area contributed by atoms with Crippen molar-refractivity contribution < 1.29 is 22.6 Å². The molecule has 0 atom stereocenters. The van der Waals surface area contributed by atoms with Gasteiger partial charge in [0.2, 0.25) is 0 Å². The number of ether oxygens (including phenoxy) is 2. The number of nitrogens with zero attached hydrogens (tertiary/aromatic N) is 1. The van der Waals surface area contributed by atoms with Crippen molar-refractivity contribution in [2.75, 3.05) is 31.2 Å². The molecule has 5 rings (SSSR count). The van der Waals surface area contributed by atoms with Gasteiger partial charge in [-0.3, -0.25) is 4.79 Å². The van der Waals surface area contributed by atoms with E-state index in [1.807, 2.05) is 6.07 Å². The molecule has 0 saturated carbocycles. The Bertz CT molecular complexity index is 1170. The molecule has 0 aliphatic carbocycles. The monoisotopic (exact) mass is 430 g/mol. The molecule has 2 aromatic carbocycles. The summed E-state index contributed by atoms with van der Waals surface area (Å²) in [5.74, 6) is -0.481. The first-order valence-corrected chi connectivity index (χ1v) is 10.2. The van der Waals surface area contributed by atoms with E-state index >= 15 is 0 Å². The number of aromatic amines is 1. The predicted octanol–water partition coefficient (Wildman–Crippen LogP) is 4.56. The summed E-state index contributed by atoms with van der Waals surface area (Å²) in [4.78, 5) is 17.6. The standard InChI is InChI=1S/C23H21F3N2O3/c24-23(25,26)19-4-2-1-3-17(19)20-13-15-5-6-16(14-18(15)21(29)27-20)28-9-7-22(8-10-28)30-11-12-31-22/h1-6,13-14H,7-12H2,(H,27,29). The van der Waals surface area contributed by atoms with Crippen LogP contribution >= 0.6 is 0 Å². The van der Waals surface area contributed by atoms with Crippen LogP contribution in [0.3, 0.4) is 0 Å². The van der Waals surface area contributed by atoms with Crippen LogP contribution in [0.2, 0.25) is 0 Å². The number of nitrogens with one attached hydrogen (secondary N) is 1. The molecule has 3 heterocycles. The highest BCUT2D eigenvalue weighted by molar-refractivity contribution is 5.88. The van der Waals surface area contributed by atoms with E-state index in [2.05, 4.69) is 9.88 Å². The van der Waals surface area contributed by atoms with Crippen LogP contribution in [-0.2, 0) is 15.7 Å². The van der Waals surface area contributed by atoms with Gasteiger partial charge in [-0.25, -0.2) is 0 Å². The first kappa shape index (κ1) is 20.1. The first-order valence-electron chi connectivity index (χ1n) is 10.2. The summed E-state index contributed by atoms with van der Waals surface area (Å²) in [7, 11) is 0. The third-order valence-electron chi connectivity index (χ3n) is 6.06. The van der Waals surface area contributed by atoms with Gasteiger partial charge in [0, 0.05) is 48.3 Å². The van der Waals surface area contributed by atoms with Crippen LogP contribution in [0.5, 0.6) is 0 Å². The van der Waals surface area contributed by atoms with E-state index in [0.717, 1.165) is 37.7 Å². The van der Waals surface area contributed by atoms with Gasteiger partial charge in [-0.2, -0.15) is 13.2 Å². The number of H-pyrrole nitrogens is 1. The van der Waals surface area contributed by atoms with Gasteiger partial charge >= 0.3 is 6.18 Å². The molecule has 1 N–H and O–H groups in total. The third-order valence-corrected chi connectivity index (χ3v) is 6.06. The van der Waals surface area contributed by atoms with E-state index in [4.69, 9.17) is 9.47 Å². The molecule has 2 saturated heterocycles. The minimum Gasteiger partial charge on any atom is -0.371 e. The fourth-order valence-electron chi connectivity index (χ4n) is 4.45. The minimum atomic E-state index is -4.51. The van der Waals surface area contributed by atoms with Gasteiger partial charge in [-0.15, -0.1) is 0 Å². The molecule has 5 nitrogen and oxygen atoms in total. The summed E-state index contributed by atoms with van der Waals surface area (Å²) in [6.45, 7) is 2.71. The number of anilines is 1. The lowest BCUT2D eigenvalue weighted by Gasteiger charge is -2.38. The van der Waals surface area contributed by atoms with Crippen molar-refractivity contribution in [2.24, 2.45) is 0 Å². The Hall–Kier alpha value is -2.84. The molecule has 0 amide bonds. The average Bonchev–Trinajstić information content (AvgIpc) is 3.21. The van der Waals surface area contributed by atoms with Gasteiger partial charge < -0.3 is 19.4 Å². The molecule has 0 unspecified atom stereocenters. The van der Waals surface area contributed by atoms with Crippen LogP contribution in [0.25, 0.3) is 22.0 Å². The highest BCUT2D eigenvalue weighted by atomic mass is 19.4. The van der Waals surface area contributed by atoms with E-state index in [0.29, 0.717) is 24.0 Å². The quantitative estimate of drug-likeness (QED) is 0.648. The Balaban J connectivity index is 1.47. The molecule has 0 radical (unpaired) electrons. The molecule has 3 aromatic rings. The Labute approximate surface area is 176 Å². The fraction of sp³-hybridized carbons (Fsp3) is 0.348. The van der Waals surface area contributed by atoms with Crippen molar-refractivity contribution in [3.8, 4) is 11.3 Å². The van der Waals surface area contributed by atoms with Crippen molar-refractivity contribution in [1.29, 1.82) is 0 Å². The molecule has 0 bridgehead atoms. The van der Waals surface area contributed by atoms with E-state index in [1.165, 1.54) is 18.2 Å². The number of pyridine rings is 1. The molecular weight excluding hydrogens is 409 g/mol. The maximum absolute atomic E-state index is 13.4. The second-order valence-electron chi connectivity index (χ2n) is 7.92. The third kappa shape index (κ3) is 3.70. The smallest absolute Gasteiger partial charge is 0.371 e. The summed E-state index contributed by atoms with van der Waals surface area (Å²) in [5.41, 5.74) is -0.193. The lowest BCUT2D eigenvalue weighted by molar-refractivity contribution is -0.169. The van der Waals surface area contributed by atoms with E-state index in [-0.39, 0.29) is 11.3 Å². The number of halogens is 3. The molecule has 2 aliphatic heterocycles. The molecular formula is C23H21F3N2O3. The molecule has 2 fully saturated rings. The van der Waals surface area contributed by atoms with Crippen LogP contribution in [-0.4, -0.2) is 37.1 Å². The van der Waals surface area contributed by atoms with Crippen LogP contribution in [0.1, 0.15) is 18.4 Å². The van der Waals surface area contributed by atoms with Crippen molar-refractivity contribution >= 4 is 16.5 Å². The van der Waals surface area contributed by atoms with E-state index in [9.17, 15) is 18.0 Å². The number of piperidine rings is 1. The van der Waals surface area contributed by atoms with Gasteiger partial charge in [-0.05, 0) is 29.7 Å². The lowest BCUT2D eigenvalue weighted by Crippen LogP contribution is -2.45. The summed E-state index contributed by atoms with van der Waals surface area (Å²) < 4.78 is 51.7. The second-order valence-corrected chi connectivity index (χ2v) is 7.92. The topological polar surface area (TPSA) is 54.6 Å². The molecule has 2 aliphatic rings. The largest absolute Gasteiger partial charge is 0.417 e. The average molecular weight is 430 g/mol. The zero-order chi connectivity index (χ0) is 21.6. The Morgan fingerprint density at radius 3 is 2.39 bits per heavy atom. The second kappa shape index (κ2) is 7.39. The normalized spacial score (nSPS) is 18.7. The van der Waals surface area contributed by atoms with Crippen molar-refractivity contribution in [1.82, 2.24) is 4.98 Å². The highest BCUT2D eigenvalue weighted by Crippen LogP contribution is 2.37. The molecule has 8 heteroatoms. The van der Waals surface area contributed by atoms with Gasteiger partial charge in [0.1, 0.15) is 0 Å². The Morgan fingerprint density at radius 2 is 1.68 bits per heavy atom. The van der Waals surface area contributed by atoms with Crippen molar-refractivity contribution in [2.45, 2.75) is 24.8 Å². The zero-order valence-corrected chi connectivity index (χ0v) is 16.7. The Morgan fingerprint density at radius 1 is 0.968 bits per heavy atom. The summed E-state index contributed by atoms with van der Waals surface area (Å²) in [5, 5.41) is 1.04. The molecule has 1 spiro atoms. The number of rotatable bonds is 2. The van der Waals surface area contributed by atoms with Gasteiger partial charge in [0.05, 0.1) is 18.8 Å². The van der Waals surface area contributed by atoms with Gasteiger partial charge in [-0.1, -0.05) is 24.3 Å². The number of benzene rings is 2. The number of hydrogen-bond acceptors (Lipinski definition) is 4. The fourth-order valence-corrected chi connectivity index (χ4v) is 4.45. The lowest BCUT2D eigenvalue weighted by atomic mass is 10.0. The first-order chi connectivity index (χ1) is 14.8. The zero-order valence-electron chi connectivity index (χ0n) is 16.7. The maximum Gasteiger partial charge on any atom is 0.417 e. The molecule has 162 valence electrons. The maximum atomic E-state index is 13.4. The van der Waals surface area contributed by atoms with E-state index in [1.54, 1.807) is 18.2 Å². The Kier molecular flexibility index (Phi) is 4.79. The summed E-state index contributed by atoms with van der Waals surface area (Å²) in [6, 6.07) is 12.3. The van der Waals surface area contributed by atoms with Gasteiger partial charge in [0.25, 0.3) is 5.56 Å². The number of hydrogen-bond donors (Lipinski definition) is 1. The number of fused-ring (bicyclic) bond motifs is 1. The summed E-state index contributed by atoms with van der Waals surface area (Å²) in [6.07, 6.45) is -3.02. The van der Waals surface area contributed by atoms with Crippen LogP contribution < -0.4 is 10.5 Å². The SMILES string of the molecule is O=c1[nH]c(-c2ccccc2C(F)(F)F)cc2ccc(N3CCC4(CC3)OCCO4)cc12. The number of aromatic nitrogens is 1. The molecule has 1 aromatic heterocycles. The predicted molar refractivity (Wildman–Crippen MR) is 111 cm³/mol. The summed E-state index contributed by atoms with van der Waals surface area (Å²) >= 11 is 0. The van der Waals surface area contributed by atoms with E-state index < -0.39 is 23.1 Å². The number of alkyl halides is 3. The van der Waals surface area contributed by atoms with Crippen LogP contribution in [0.4, 0.5) is 18.9 Å². The van der Waals surface area contributed by atoms with Gasteiger partial charge in [0.15, 0.2) is 5.79 Å². The minimum absolute atomic E-state index is 0.0454.